The molecule has 782 valence electrons. The number of nitrogens with zero attached hydrogens (tertiary/aromatic N) is 8. The summed E-state index contributed by atoms with van der Waals surface area (Å²) < 4.78 is 161. The Bertz CT molecular complexity index is 8090. The van der Waals surface area contributed by atoms with Crippen LogP contribution in [0, 0.1) is 38.5 Å². The van der Waals surface area contributed by atoms with E-state index in [1.165, 1.54) is 99.3 Å². The highest BCUT2D eigenvalue weighted by Gasteiger charge is 2.52. The molecule has 0 unspecified atom stereocenters. The Morgan fingerprint density at radius 2 is 0.866 bits per heavy atom. The molecule has 39 heteroatoms. The third kappa shape index (κ3) is 27.4. The van der Waals surface area contributed by atoms with E-state index in [9.17, 15) is 77.1 Å². The van der Waals surface area contributed by atoms with Crippen molar-refractivity contribution >= 4 is 147 Å². The number of pyridine rings is 6. The van der Waals surface area contributed by atoms with Gasteiger partial charge in [0.15, 0.2) is 71.9 Å². The molecule has 4 N–H and O–H groups in total. The smallest absolute Gasteiger partial charge is 0.413 e. The first-order chi connectivity index (χ1) is 70.0. The second kappa shape index (κ2) is 50.3. The van der Waals surface area contributed by atoms with Gasteiger partial charge in [0.1, 0.15) is 5.65 Å². The highest BCUT2D eigenvalue weighted by molar-refractivity contribution is 14.1. The largest absolute Gasteiger partial charge is 0.505 e. The molecule has 13 heterocycles. The Kier molecular flexibility index (Phi) is 39.4. The number of aromatic nitrogens is 9. The van der Waals surface area contributed by atoms with Gasteiger partial charge >= 0.3 is 7.12 Å². The quantitative estimate of drug-likeness (QED) is 0.0141. The molecule has 1 aliphatic heterocycles. The van der Waals surface area contributed by atoms with E-state index in [4.69, 9.17) is 23.9 Å². The molecule has 17 aromatic rings. The summed E-state index contributed by atoms with van der Waals surface area (Å²) in [4.78, 5) is 99.3. The molecule has 0 bridgehead atoms. The number of aliphatic hydroxyl groups is 3. The van der Waals surface area contributed by atoms with Crippen LogP contribution in [-0.2, 0) is 92.3 Å². The molecule has 0 atom stereocenters. The molecule has 0 radical (unpaired) electrons. The average molecular weight is 2260 g/mol. The van der Waals surface area contributed by atoms with Crippen LogP contribution in [0.1, 0.15) is 169 Å². The fraction of sp³-hybridized carbons (Fsp3) is 0.264. The second-order valence-corrected chi connectivity index (χ2v) is 49.8. The normalized spacial score (nSPS) is 12.6. The molecule has 1 saturated heterocycles. The molecule has 1 fully saturated rings. The van der Waals surface area contributed by atoms with Crippen LogP contribution in [0.15, 0.2) is 286 Å². The van der Waals surface area contributed by atoms with E-state index < -0.39 is 98.3 Å². The minimum absolute atomic E-state index is 0. The molecule has 0 aliphatic carbocycles. The standard InChI is InChI=1S/C39H39F2N3O5S2Si.C27H21F2N3O3S.C25H26BF2NO4S.C15H13IN2O2S.2CH4O.2CH4/c1-39(2,3)52(4,5)49-25-27-20-31-32(24-44(37(31)42-22-27)51(47,48)29-10-7-6-8-11-29)36-18-15-28(50-36)14-17-35(45)30-12-9-19-43(38(30)46)23-26-13-16-33(40)34(41)21-26;28-22-6-3-16(11-23(22)29)14-32-9-1-2-19(27(32)35)24(34)7-4-18-5-8-25(36-18)21-13-31-26-20(21)10-17(15-33)12-30-26;1-24(2)25(3,4)33-26(32-24)22-12-9-17(34-22)8-11-21(30)18-6-5-13-29(23(18)31)15-16-7-10-19(27)20(28)14-16;1-2-11-8-13-14(16)10-18(15(13)17-9-11)21(19,20)12-6-4-3-5-7-12;2*1-2;;/h6-13,15-16,18-22,24H,14,17,23,25H2,1-5H3;1-3,5-6,8-13,33H,4,7,14-15H2,(H,30,31);5-7,9-10,12-14H,8,11,15H2,1-4H3;3-10H,2H2,1H3;2*2H,1H3;2*1H4. The highest BCUT2D eigenvalue weighted by Crippen LogP contribution is 2.42. The zero-order valence-electron chi connectivity index (χ0n) is 82.3. The van der Waals surface area contributed by atoms with Gasteiger partial charge in [0.2, 0.25) is 0 Å². The number of carbonyl (C=O) groups is 3. The average Bonchev–Trinajstić information content (AvgIpc) is 1.59. The first kappa shape index (κ1) is 117. The lowest BCUT2D eigenvalue weighted by Gasteiger charge is -2.36. The number of aliphatic hydroxyl groups excluding tert-OH is 3. The zero-order chi connectivity index (χ0) is 106. The summed E-state index contributed by atoms with van der Waals surface area (Å²) in [5.41, 5.74) is 4.90. The Labute approximate surface area is 887 Å². The van der Waals surface area contributed by atoms with Crippen LogP contribution < -0.4 is 21.5 Å². The van der Waals surface area contributed by atoms with Gasteiger partial charge in [-0.25, -0.2) is 66.1 Å². The van der Waals surface area contributed by atoms with E-state index >= 15 is 0 Å². The van der Waals surface area contributed by atoms with Gasteiger partial charge in [0.25, 0.3) is 36.7 Å². The van der Waals surface area contributed by atoms with Crippen molar-refractivity contribution in [1.29, 1.82) is 0 Å². The summed E-state index contributed by atoms with van der Waals surface area (Å²) in [6.07, 6.45) is 17.2. The van der Waals surface area contributed by atoms with Gasteiger partial charge in [0, 0.05) is 149 Å². The number of benzene rings is 5. The van der Waals surface area contributed by atoms with E-state index in [0.29, 0.717) is 64.8 Å². The number of H-pyrrole nitrogens is 1. The van der Waals surface area contributed by atoms with Crippen molar-refractivity contribution in [3.63, 3.8) is 0 Å². The lowest BCUT2D eigenvalue weighted by Crippen LogP contribution is -2.41. The van der Waals surface area contributed by atoms with Gasteiger partial charge < -0.3 is 47.7 Å². The summed E-state index contributed by atoms with van der Waals surface area (Å²) in [5, 5.41) is 25.9. The van der Waals surface area contributed by atoms with Crippen LogP contribution in [0.3, 0.4) is 0 Å². The van der Waals surface area contributed by atoms with Gasteiger partial charge in [-0.1, -0.05) is 103 Å². The minimum atomic E-state index is -3.97. The van der Waals surface area contributed by atoms with E-state index in [2.05, 4.69) is 76.4 Å². The number of hydrogen-bond acceptors (Lipinski definition) is 22. The number of aryl methyl sites for hydroxylation is 4. The van der Waals surface area contributed by atoms with Crippen molar-refractivity contribution in [3.05, 3.63) is 396 Å². The first-order valence-corrected chi connectivity index (χ1v) is 55.8. The van der Waals surface area contributed by atoms with Crippen LogP contribution in [0.4, 0.5) is 26.3 Å². The molecule has 0 spiro atoms. The number of rotatable bonds is 30. The van der Waals surface area contributed by atoms with E-state index in [1.807, 2.05) is 95.4 Å². The molecule has 0 saturated carbocycles. The molecule has 12 aromatic heterocycles. The zero-order valence-corrected chi connectivity index (χ0v) is 89.5. The van der Waals surface area contributed by atoms with Gasteiger partial charge in [-0.15, -0.1) is 34.0 Å². The number of ketones is 3. The highest BCUT2D eigenvalue weighted by atomic mass is 127. The summed E-state index contributed by atoms with van der Waals surface area (Å²) in [5.74, 6) is -6.75. The van der Waals surface area contributed by atoms with Crippen molar-refractivity contribution in [3.8, 4) is 20.9 Å². The second-order valence-electron chi connectivity index (χ2n) is 36.7. The maximum Gasteiger partial charge on any atom is 0.505 e. The number of fused-ring (bicyclic) bond motifs is 3. The number of nitrogens with one attached hydrogen (secondary N) is 1. The van der Waals surface area contributed by atoms with E-state index in [1.54, 1.807) is 121 Å². The van der Waals surface area contributed by atoms with Gasteiger partial charge in [0.05, 0.1) is 70.5 Å². The van der Waals surface area contributed by atoms with Crippen molar-refractivity contribution in [1.82, 2.24) is 41.6 Å². The topological polar surface area (TPSA) is 338 Å². The number of aromatic amines is 1. The lowest BCUT2D eigenvalue weighted by atomic mass is 9.88. The van der Waals surface area contributed by atoms with E-state index in [0.717, 1.165) is 128 Å². The lowest BCUT2D eigenvalue weighted by molar-refractivity contribution is 0.00578. The number of carbonyl (C=O) groups excluding carboxylic acids is 3. The predicted molar refractivity (Wildman–Crippen MR) is 586 cm³/mol. The summed E-state index contributed by atoms with van der Waals surface area (Å²) in [6.45, 7) is 21.2. The summed E-state index contributed by atoms with van der Waals surface area (Å²) in [7, 11) is -8.11. The van der Waals surface area contributed by atoms with Crippen LogP contribution in [0.5, 0.6) is 0 Å². The van der Waals surface area contributed by atoms with Crippen molar-refractivity contribution in [2.45, 2.75) is 187 Å². The van der Waals surface area contributed by atoms with Crippen molar-refractivity contribution in [2.75, 3.05) is 14.2 Å². The number of halogens is 7. The predicted octanol–water partition coefficient (Wildman–Crippen LogP) is 22.2. The van der Waals surface area contributed by atoms with Gasteiger partial charge in [-0.2, -0.15) is 0 Å². The SMILES string of the molecule is C.C.CC(C)(C)[Si](C)(C)OCc1cnc2c(c1)c(-c1ccc(CCC(=O)c3cccn(Cc4ccc(F)c(F)c4)c3=O)s1)cn2S(=O)(=O)c1ccccc1.CC1(C)OB(c2ccc(CCC(=O)c3cccn(Cc4ccc(F)c(F)c4)c3=O)s2)OC1(C)C.CCc1cnc2c(c1)c(I)cn2S(=O)(=O)c1ccccc1.CO.CO.O=C(CCc1ccc(-c2c[nH]c3ncc(CO)cc23)s1)c1cccn(Cc2ccc(F)c(F)c2)c1=O. The number of thiophene rings is 3. The van der Waals surface area contributed by atoms with Crippen molar-refractivity contribution < 1.29 is 86.6 Å². The molecular weight excluding hydrogens is 2140 g/mol. The fourth-order valence-electron chi connectivity index (χ4n) is 15.4. The molecule has 18 rings (SSSR count). The van der Waals surface area contributed by atoms with Crippen molar-refractivity contribution in [2.24, 2.45) is 0 Å². The minimum Gasteiger partial charge on any atom is -0.413 e. The third-order valence-electron chi connectivity index (χ3n) is 25.3. The molecule has 0 amide bonds. The Morgan fingerprint density at radius 1 is 0.477 bits per heavy atom. The van der Waals surface area contributed by atoms with E-state index in [-0.39, 0.29) is 109 Å². The summed E-state index contributed by atoms with van der Waals surface area (Å²) in [6, 6.07) is 53.7. The van der Waals surface area contributed by atoms with Gasteiger partial charge in [-0.05, 0) is 273 Å². The fourth-order valence-corrected chi connectivity index (χ4v) is 23.0. The van der Waals surface area contributed by atoms with Crippen LogP contribution in [-0.4, -0.2) is 132 Å². The molecular formula is C110H115BF6IN9O16S5Si. The summed E-state index contributed by atoms with van der Waals surface area (Å²) >= 11 is 6.66. The Hall–Kier alpha value is -12.6. The Balaban J connectivity index is 0.000000193. The first-order valence-electron chi connectivity index (χ1n) is 46.5. The Morgan fingerprint density at radius 3 is 1.29 bits per heavy atom. The third-order valence-corrected chi connectivity index (χ3v) is 37.5. The number of Topliss-reactive ketones (excluding diaryl/α,β-unsaturated/α-hetero) is 3. The van der Waals surface area contributed by atoms with Crippen LogP contribution in [0.25, 0.3) is 54.0 Å². The number of hydrogen-bond donors (Lipinski definition) is 4. The van der Waals surface area contributed by atoms with Gasteiger partial charge in [-0.3, -0.25) is 28.8 Å². The molecule has 1 aliphatic rings. The molecule has 5 aromatic carbocycles. The maximum absolute atomic E-state index is 13.9. The molecule has 149 heavy (non-hydrogen) atoms. The van der Waals surface area contributed by atoms with Crippen LogP contribution in [0.2, 0.25) is 18.1 Å². The maximum atomic E-state index is 13.9. The van der Waals surface area contributed by atoms with Crippen LogP contribution >= 0.6 is 56.6 Å². The molecule has 25 nitrogen and oxygen atoms in total. The monoisotopic (exact) mass is 2260 g/mol.